The van der Waals surface area contributed by atoms with Crippen LogP contribution < -0.4 is 0 Å². The molecule has 0 saturated heterocycles. The van der Waals surface area contributed by atoms with Crippen LogP contribution in [0, 0.1) is 17.8 Å². The van der Waals surface area contributed by atoms with E-state index in [4.69, 9.17) is 9.97 Å². The van der Waals surface area contributed by atoms with Gasteiger partial charge in [0.05, 0.1) is 0 Å². The van der Waals surface area contributed by atoms with Gasteiger partial charge in [-0.05, 0) is 61.8 Å². The highest BCUT2D eigenvalue weighted by molar-refractivity contribution is 5.08. The summed E-state index contributed by atoms with van der Waals surface area (Å²) in [6.45, 7) is 4.58. The summed E-state index contributed by atoms with van der Waals surface area (Å²) in [7, 11) is 0. The Morgan fingerprint density at radius 1 is 0.594 bits per heavy atom. The lowest BCUT2D eigenvalue weighted by Crippen LogP contribution is -2.18. The molecule has 0 amide bonds. The number of hydrogen-bond acceptors (Lipinski definition) is 2. The van der Waals surface area contributed by atoms with E-state index in [2.05, 4.69) is 26.2 Å². The summed E-state index contributed by atoms with van der Waals surface area (Å²) in [5, 5.41) is 0. The molecule has 2 heteroatoms. The van der Waals surface area contributed by atoms with Gasteiger partial charge in [-0.15, -0.1) is 0 Å². The Kier molecular flexibility index (Phi) is 12.1. The third kappa shape index (κ3) is 9.14. The van der Waals surface area contributed by atoms with Crippen molar-refractivity contribution in [2.24, 2.45) is 17.8 Å². The Balaban J connectivity index is 1.26. The highest BCUT2D eigenvalue weighted by Crippen LogP contribution is 2.39. The molecule has 0 atom stereocenters. The standard InChI is InChI=1S/C30H52N2/c1-3-5-7-8-10-11-25-13-15-26(16-14-25)17-18-27-19-21-29(22-20-27)30-31-23-28(24-32-30)12-9-6-4-2/h23-27,29H,3-22H2,1-2H3. The molecule has 182 valence electrons. The van der Waals surface area contributed by atoms with Crippen molar-refractivity contribution in [3.05, 3.63) is 23.8 Å². The summed E-state index contributed by atoms with van der Waals surface area (Å²) in [6.07, 6.45) is 32.5. The van der Waals surface area contributed by atoms with Gasteiger partial charge in [0.25, 0.3) is 0 Å². The molecule has 0 bridgehead atoms. The molecule has 0 aliphatic heterocycles. The van der Waals surface area contributed by atoms with Crippen LogP contribution in [0.4, 0.5) is 0 Å². The normalized spacial score (nSPS) is 26.3. The summed E-state index contributed by atoms with van der Waals surface area (Å²) in [5.74, 6) is 4.80. The van der Waals surface area contributed by atoms with Crippen molar-refractivity contribution in [2.45, 2.75) is 148 Å². The van der Waals surface area contributed by atoms with E-state index in [1.54, 1.807) is 0 Å². The minimum atomic E-state index is 0.615. The van der Waals surface area contributed by atoms with Crippen molar-refractivity contribution in [2.75, 3.05) is 0 Å². The van der Waals surface area contributed by atoms with Gasteiger partial charge in [0, 0.05) is 18.3 Å². The maximum absolute atomic E-state index is 4.76. The lowest BCUT2D eigenvalue weighted by atomic mass is 9.74. The van der Waals surface area contributed by atoms with Crippen molar-refractivity contribution < 1.29 is 0 Å². The molecular formula is C30H52N2. The molecule has 1 heterocycles. The number of nitrogens with zero attached hydrogens (tertiary/aromatic N) is 2. The summed E-state index contributed by atoms with van der Waals surface area (Å²) in [4.78, 5) is 9.51. The Labute approximate surface area is 199 Å². The van der Waals surface area contributed by atoms with Gasteiger partial charge < -0.3 is 0 Å². The largest absolute Gasteiger partial charge is 0.241 e. The van der Waals surface area contributed by atoms with Crippen LogP contribution in [0.25, 0.3) is 0 Å². The van der Waals surface area contributed by atoms with Gasteiger partial charge in [0.2, 0.25) is 0 Å². The molecule has 3 rings (SSSR count). The van der Waals surface area contributed by atoms with Gasteiger partial charge in [-0.3, -0.25) is 0 Å². The number of unbranched alkanes of at least 4 members (excludes halogenated alkanes) is 6. The molecule has 1 aromatic rings. The van der Waals surface area contributed by atoms with Crippen LogP contribution in [0.2, 0.25) is 0 Å². The van der Waals surface area contributed by atoms with Gasteiger partial charge in [-0.1, -0.05) is 104 Å². The molecule has 0 radical (unpaired) electrons. The van der Waals surface area contributed by atoms with E-state index < -0.39 is 0 Å². The monoisotopic (exact) mass is 440 g/mol. The van der Waals surface area contributed by atoms with Crippen molar-refractivity contribution in [3.8, 4) is 0 Å². The second kappa shape index (κ2) is 15.1. The van der Waals surface area contributed by atoms with Crippen LogP contribution in [0.5, 0.6) is 0 Å². The SMILES string of the molecule is CCCCCCCC1CCC(CCC2CCC(c3ncc(CCCCC)cn3)CC2)CC1. The second-order valence-corrected chi connectivity index (χ2v) is 11.3. The maximum atomic E-state index is 4.76. The summed E-state index contributed by atoms with van der Waals surface area (Å²) in [6, 6.07) is 0. The smallest absolute Gasteiger partial charge is 0.131 e. The summed E-state index contributed by atoms with van der Waals surface area (Å²) < 4.78 is 0. The molecule has 2 saturated carbocycles. The molecular weight excluding hydrogens is 388 g/mol. The van der Waals surface area contributed by atoms with Crippen LogP contribution in [0.3, 0.4) is 0 Å². The molecule has 0 N–H and O–H groups in total. The van der Waals surface area contributed by atoms with Gasteiger partial charge >= 0.3 is 0 Å². The zero-order valence-electron chi connectivity index (χ0n) is 21.5. The zero-order chi connectivity index (χ0) is 22.4. The summed E-state index contributed by atoms with van der Waals surface area (Å²) in [5.41, 5.74) is 1.32. The van der Waals surface area contributed by atoms with Gasteiger partial charge in [0.15, 0.2) is 0 Å². The summed E-state index contributed by atoms with van der Waals surface area (Å²) >= 11 is 0. The van der Waals surface area contributed by atoms with Gasteiger partial charge in [0.1, 0.15) is 5.82 Å². The van der Waals surface area contributed by atoms with Crippen molar-refractivity contribution in [1.82, 2.24) is 9.97 Å². The zero-order valence-corrected chi connectivity index (χ0v) is 21.5. The number of rotatable bonds is 14. The lowest BCUT2D eigenvalue weighted by molar-refractivity contribution is 0.221. The molecule has 2 aliphatic rings. The maximum Gasteiger partial charge on any atom is 0.131 e. The molecule has 0 spiro atoms. The first-order chi connectivity index (χ1) is 15.8. The van der Waals surface area contributed by atoms with Crippen LogP contribution in [-0.2, 0) is 6.42 Å². The van der Waals surface area contributed by atoms with E-state index in [9.17, 15) is 0 Å². The van der Waals surface area contributed by atoms with Crippen molar-refractivity contribution in [3.63, 3.8) is 0 Å². The molecule has 0 aromatic carbocycles. The van der Waals surface area contributed by atoms with E-state index in [0.717, 1.165) is 30.0 Å². The van der Waals surface area contributed by atoms with Crippen molar-refractivity contribution >= 4 is 0 Å². The van der Waals surface area contributed by atoms with Crippen LogP contribution >= 0.6 is 0 Å². The minimum absolute atomic E-state index is 0.615. The highest BCUT2D eigenvalue weighted by atomic mass is 14.9. The quantitative estimate of drug-likeness (QED) is 0.269. The number of aromatic nitrogens is 2. The second-order valence-electron chi connectivity index (χ2n) is 11.3. The molecule has 2 aliphatic carbocycles. The fourth-order valence-electron chi connectivity index (χ4n) is 6.31. The Bertz CT molecular complexity index is 579. The van der Waals surface area contributed by atoms with E-state index in [1.165, 1.54) is 128 Å². The first-order valence-electron chi connectivity index (χ1n) is 14.6. The molecule has 0 unspecified atom stereocenters. The molecule has 2 fully saturated rings. The van der Waals surface area contributed by atoms with Crippen molar-refractivity contribution in [1.29, 1.82) is 0 Å². The van der Waals surface area contributed by atoms with E-state index in [-0.39, 0.29) is 0 Å². The Morgan fingerprint density at radius 3 is 1.69 bits per heavy atom. The number of aryl methyl sites for hydroxylation is 1. The fourth-order valence-corrected chi connectivity index (χ4v) is 6.31. The predicted octanol–water partition coefficient (Wildman–Crippen LogP) is 9.43. The minimum Gasteiger partial charge on any atom is -0.241 e. The lowest BCUT2D eigenvalue weighted by Gasteiger charge is -2.31. The van der Waals surface area contributed by atoms with Gasteiger partial charge in [-0.2, -0.15) is 0 Å². The van der Waals surface area contributed by atoms with Gasteiger partial charge in [-0.25, -0.2) is 9.97 Å². The average Bonchev–Trinajstić information content (AvgIpc) is 2.84. The van der Waals surface area contributed by atoms with Crippen LogP contribution in [0.1, 0.15) is 153 Å². The topological polar surface area (TPSA) is 25.8 Å². The van der Waals surface area contributed by atoms with E-state index >= 15 is 0 Å². The average molecular weight is 441 g/mol. The Morgan fingerprint density at radius 2 is 1.09 bits per heavy atom. The molecule has 2 nitrogen and oxygen atoms in total. The van der Waals surface area contributed by atoms with E-state index in [1.807, 2.05) is 0 Å². The first-order valence-corrected chi connectivity index (χ1v) is 14.6. The fraction of sp³-hybridized carbons (Fsp3) is 0.867. The van der Waals surface area contributed by atoms with E-state index in [0.29, 0.717) is 5.92 Å². The molecule has 32 heavy (non-hydrogen) atoms. The predicted molar refractivity (Wildman–Crippen MR) is 138 cm³/mol. The first kappa shape index (κ1) is 25.7. The van der Waals surface area contributed by atoms with Crippen LogP contribution in [0.15, 0.2) is 12.4 Å². The third-order valence-electron chi connectivity index (χ3n) is 8.67. The number of hydrogen-bond donors (Lipinski definition) is 0. The highest BCUT2D eigenvalue weighted by Gasteiger charge is 2.26. The Hall–Kier alpha value is -0.920. The third-order valence-corrected chi connectivity index (χ3v) is 8.67. The molecule has 1 aromatic heterocycles. The van der Waals surface area contributed by atoms with Crippen LogP contribution in [-0.4, -0.2) is 9.97 Å².